The average Bonchev–Trinajstić information content (AvgIpc) is 2.80. The van der Waals surface area contributed by atoms with E-state index in [4.69, 9.17) is 5.11 Å². The molecule has 0 aliphatic carbocycles. The molecule has 1 aromatic carbocycles. The number of carbonyl (C=O) groups excluding carboxylic acids is 1. The molecule has 1 atom stereocenters. The molecule has 0 fully saturated rings. The van der Waals surface area contributed by atoms with Crippen molar-refractivity contribution in [3.63, 3.8) is 0 Å². The lowest BCUT2D eigenvalue weighted by molar-refractivity contribution is -0.137. The molecule has 22 heavy (non-hydrogen) atoms. The van der Waals surface area contributed by atoms with Crippen LogP contribution >= 0.6 is 15.9 Å². The van der Waals surface area contributed by atoms with Crippen LogP contribution < -0.4 is 5.32 Å². The Hall–Kier alpha value is -2.15. The monoisotopic (exact) mass is 365 g/mol. The van der Waals surface area contributed by atoms with Crippen LogP contribution in [0.1, 0.15) is 29.4 Å². The standard InChI is InChI=1S/C15H16BrN3O3/c1-9(7-14(20)21)18-15(22)13-8-17-19(10(13)2)12-5-3-11(16)4-6-12/h3-6,8-9H,7H2,1-2H3,(H,18,22)(H,20,21). The highest BCUT2D eigenvalue weighted by Crippen LogP contribution is 2.17. The number of benzene rings is 1. The molecule has 1 aromatic heterocycles. The Bertz CT molecular complexity index is 695. The molecule has 116 valence electrons. The van der Waals surface area contributed by atoms with Crippen molar-refractivity contribution in [3.05, 3.63) is 46.2 Å². The van der Waals surface area contributed by atoms with Crippen LogP contribution in [0, 0.1) is 6.92 Å². The fourth-order valence-corrected chi connectivity index (χ4v) is 2.35. The number of carboxylic acids is 1. The molecule has 0 spiro atoms. The van der Waals surface area contributed by atoms with Gasteiger partial charge in [-0.3, -0.25) is 9.59 Å². The normalized spacial score (nSPS) is 12.0. The summed E-state index contributed by atoms with van der Waals surface area (Å²) < 4.78 is 2.63. The van der Waals surface area contributed by atoms with Gasteiger partial charge >= 0.3 is 5.97 Å². The van der Waals surface area contributed by atoms with E-state index in [-0.39, 0.29) is 12.3 Å². The highest BCUT2D eigenvalue weighted by atomic mass is 79.9. The molecule has 0 saturated carbocycles. The fraction of sp³-hybridized carbons (Fsp3) is 0.267. The number of halogens is 1. The highest BCUT2D eigenvalue weighted by Gasteiger charge is 2.18. The van der Waals surface area contributed by atoms with Gasteiger partial charge in [-0.25, -0.2) is 4.68 Å². The molecular weight excluding hydrogens is 350 g/mol. The second kappa shape index (κ2) is 6.74. The van der Waals surface area contributed by atoms with E-state index >= 15 is 0 Å². The molecule has 0 bridgehead atoms. The van der Waals surface area contributed by atoms with Crippen LogP contribution in [-0.2, 0) is 4.79 Å². The van der Waals surface area contributed by atoms with Crippen LogP contribution in [0.2, 0.25) is 0 Å². The van der Waals surface area contributed by atoms with Gasteiger partial charge in [0.1, 0.15) is 0 Å². The maximum Gasteiger partial charge on any atom is 0.305 e. The van der Waals surface area contributed by atoms with Crippen molar-refractivity contribution >= 4 is 27.8 Å². The minimum atomic E-state index is -0.949. The Morgan fingerprint density at radius 1 is 1.36 bits per heavy atom. The van der Waals surface area contributed by atoms with Crippen molar-refractivity contribution in [3.8, 4) is 5.69 Å². The summed E-state index contributed by atoms with van der Waals surface area (Å²) in [4.78, 5) is 22.8. The van der Waals surface area contributed by atoms with E-state index in [1.807, 2.05) is 24.3 Å². The number of rotatable bonds is 5. The summed E-state index contributed by atoms with van der Waals surface area (Å²) in [6.45, 7) is 3.45. The van der Waals surface area contributed by atoms with Crippen LogP contribution in [-0.4, -0.2) is 32.8 Å². The van der Waals surface area contributed by atoms with Crippen LogP contribution in [0.15, 0.2) is 34.9 Å². The molecule has 1 amide bonds. The van der Waals surface area contributed by atoms with Crippen molar-refractivity contribution in [2.45, 2.75) is 26.3 Å². The maximum absolute atomic E-state index is 12.2. The summed E-state index contributed by atoms with van der Waals surface area (Å²) in [5.41, 5.74) is 1.97. The van der Waals surface area contributed by atoms with Gasteiger partial charge in [0.25, 0.3) is 5.91 Å². The number of carbonyl (C=O) groups is 2. The number of hydrogen-bond acceptors (Lipinski definition) is 3. The Morgan fingerprint density at radius 3 is 2.59 bits per heavy atom. The first-order chi connectivity index (χ1) is 10.4. The van der Waals surface area contributed by atoms with Crippen molar-refractivity contribution in [1.82, 2.24) is 15.1 Å². The molecule has 7 heteroatoms. The van der Waals surface area contributed by atoms with Gasteiger partial charge in [-0.2, -0.15) is 5.10 Å². The third kappa shape index (κ3) is 3.73. The second-order valence-electron chi connectivity index (χ2n) is 5.00. The lowest BCUT2D eigenvalue weighted by atomic mass is 10.2. The smallest absolute Gasteiger partial charge is 0.305 e. The van der Waals surface area contributed by atoms with E-state index in [9.17, 15) is 9.59 Å². The SMILES string of the molecule is Cc1c(C(=O)NC(C)CC(=O)O)cnn1-c1ccc(Br)cc1. The zero-order valence-corrected chi connectivity index (χ0v) is 13.8. The third-order valence-corrected chi connectivity index (χ3v) is 3.71. The zero-order chi connectivity index (χ0) is 16.3. The molecule has 2 aromatic rings. The number of hydrogen-bond donors (Lipinski definition) is 2. The molecule has 2 rings (SSSR count). The topological polar surface area (TPSA) is 84.2 Å². The first kappa shape index (κ1) is 16.2. The van der Waals surface area contributed by atoms with E-state index in [1.165, 1.54) is 6.20 Å². The summed E-state index contributed by atoms with van der Waals surface area (Å²) >= 11 is 3.37. The minimum absolute atomic E-state index is 0.119. The molecule has 0 aliphatic heterocycles. The summed E-state index contributed by atoms with van der Waals surface area (Å²) in [6.07, 6.45) is 1.37. The Morgan fingerprint density at radius 2 is 2.00 bits per heavy atom. The van der Waals surface area contributed by atoms with Gasteiger partial charge in [-0.05, 0) is 38.1 Å². The van der Waals surface area contributed by atoms with Crippen molar-refractivity contribution in [2.24, 2.45) is 0 Å². The summed E-state index contributed by atoms with van der Waals surface area (Å²) in [5.74, 6) is -1.27. The van der Waals surface area contributed by atoms with E-state index in [0.29, 0.717) is 11.3 Å². The van der Waals surface area contributed by atoms with E-state index < -0.39 is 12.0 Å². The number of amides is 1. The number of aromatic nitrogens is 2. The van der Waals surface area contributed by atoms with Crippen molar-refractivity contribution < 1.29 is 14.7 Å². The maximum atomic E-state index is 12.2. The molecule has 2 N–H and O–H groups in total. The second-order valence-corrected chi connectivity index (χ2v) is 5.92. The predicted octanol–water partition coefficient (Wildman–Crippen LogP) is 2.54. The van der Waals surface area contributed by atoms with Gasteiger partial charge in [0.15, 0.2) is 0 Å². The van der Waals surface area contributed by atoms with E-state index in [2.05, 4.69) is 26.3 Å². The first-order valence-electron chi connectivity index (χ1n) is 6.71. The molecule has 1 unspecified atom stereocenters. The van der Waals surface area contributed by atoms with Gasteiger partial charge in [0.05, 0.1) is 29.6 Å². The highest BCUT2D eigenvalue weighted by molar-refractivity contribution is 9.10. The van der Waals surface area contributed by atoms with Crippen LogP contribution in [0.4, 0.5) is 0 Å². The number of carboxylic acid groups (broad SMARTS) is 1. The Balaban J connectivity index is 2.18. The molecule has 0 aliphatic rings. The van der Waals surface area contributed by atoms with Gasteiger partial charge < -0.3 is 10.4 Å². The Labute approximate surface area is 136 Å². The molecule has 0 saturated heterocycles. The van der Waals surface area contributed by atoms with Gasteiger partial charge in [0, 0.05) is 10.5 Å². The number of nitrogens with zero attached hydrogens (tertiary/aromatic N) is 2. The zero-order valence-electron chi connectivity index (χ0n) is 12.2. The van der Waals surface area contributed by atoms with E-state index in [0.717, 1.165) is 10.2 Å². The van der Waals surface area contributed by atoms with Gasteiger partial charge in [-0.1, -0.05) is 15.9 Å². The van der Waals surface area contributed by atoms with Crippen molar-refractivity contribution in [2.75, 3.05) is 0 Å². The molecule has 0 radical (unpaired) electrons. The average molecular weight is 366 g/mol. The van der Waals surface area contributed by atoms with Crippen LogP contribution in [0.3, 0.4) is 0 Å². The third-order valence-electron chi connectivity index (χ3n) is 3.18. The minimum Gasteiger partial charge on any atom is -0.481 e. The molecule has 6 nitrogen and oxygen atoms in total. The predicted molar refractivity (Wildman–Crippen MR) is 85.2 cm³/mol. The summed E-state index contributed by atoms with van der Waals surface area (Å²) in [7, 11) is 0. The Kier molecular flexibility index (Phi) is 4.97. The van der Waals surface area contributed by atoms with Crippen LogP contribution in [0.25, 0.3) is 5.69 Å². The van der Waals surface area contributed by atoms with Gasteiger partial charge in [0.2, 0.25) is 0 Å². The number of nitrogens with one attached hydrogen (secondary N) is 1. The molecular formula is C15H16BrN3O3. The lowest BCUT2D eigenvalue weighted by Crippen LogP contribution is -2.34. The van der Waals surface area contributed by atoms with Crippen molar-refractivity contribution in [1.29, 1.82) is 0 Å². The lowest BCUT2D eigenvalue weighted by Gasteiger charge is -2.11. The van der Waals surface area contributed by atoms with Gasteiger partial charge in [-0.15, -0.1) is 0 Å². The summed E-state index contributed by atoms with van der Waals surface area (Å²) in [5, 5.41) is 15.6. The largest absolute Gasteiger partial charge is 0.481 e. The fourth-order valence-electron chi connectivity index (χ4n) is 2.09. The quantitative estimate of drug-likeness (QED) is 0.852. The number of aliphatic carboxylic acids is 1. The first-order valence-corrected chi connectivity index (χ1v) is 7.51. The molecule has 1 heterocycles. The van der Waals surface area contributed by atoms with E-state index in [1.54, 1.807) is 18.5 Å². The van der Waals surface area contributed by atoms with Crippen LogP contribution in [0.5, 0.6) is 0 Å². The summed E-state index contributed by atoms with van der Waals surface area (Å²) in [6, 6.07) is 7.12.